The minimum atomic E-state index is -0.933. The molecule has 0 fully saturated rings. The molecule has 0 heterocycles. The molecular weight excluding hydrogens is 364 g/mol. The van der Waals surface area contributed by atoms with E-state index in [2.05, 4.69) is 5.32 Å². The van der Waals surface area contributed by atoms with Crippen LogP contribution < -0.4 is 5.32 Å². The van der Waals surface area contributed by atoms with E-state index < -0.39 is 11.0 Å². The molecule has 0 aliphatic rings. The number of thioether (sulfide) groups is 1. The van der Waals surface area contributed by atoms with E-state index >= 15 is 0 Å². The second kappa shape index (κ2) is 8.84. The lowest BCUT2D eigenvalue weighted by atomic mass is 10.1. The van der Waals surface area contributed by atoms with Gasteiger partial charge in [-0.3, -0.25) is 14.9 Å². The molecule has 2 aromatic carbocycles. The number of nitrogens with one attached hydrogen (secondary N) is 1. The van der Waals surface area contributed by atoms with Gasteiger partial charge in [-0.2, -0.15) is 0 Å². The van der Waals surface area contributed by atoms with Gasteiger partial charge < -0.3 is 10.4 Å². The van der Waals surface area contributed by atoms with Gasteiger partial charge in [0.25, 0.3) is 5.69 Å². The standard InChI is InChI=1S/C17H17ClN2O4S/c1-11(25-15-8-4-13(18)5-9-15)17(22)19-10-16(21)12-2-6-14(7-3-12)20(23)24/h2-9,11,16,21H,10H2,1H3,(H,19,22)/t11-,16+/m1/s1. The van der Waals surface area contributed by atoms with Crippen LogP contribution in [-0.4, -0.2) is 27.7 Å². The molecule has 8 heteroatoms. The zero-order chi connectivity index (χ0) is 18.4. The van der Waals surface area contributed by atoms with Gasteiger partial charge in [-0.25, -0.2) is 0 Å². The molecule has 6 nitrogen and oxygen atoms in total. The van der Waals surface area contributed by atoms with Crippen LogP contribution in [0, 0.1) is 10.1 Å². The van der Waals surface area contributed by atoms with Gasteiger partial charge in [0.2, 0.25) is 5.91 Å². The Kier molecular flexibility index (Phi) is 6.81. The highest BCUT2D eigenvalue weighted by Crippen LogP contribution is 2.25. The van der Waals surface area contributed by atoms with Crippen molar-refractivity contribution < 1.29 is 14.8 Å². The SMILES string of the molecule is C[C@@H](Sc1ccc(Cl)cc1)C(=O)NC[C@H](O)c1ccc([N+](=O)[O-])cc1. The highest BCUT2D eigenvalue weighted by atomic mass is 35.5. The number of carbonyl (C=O) groups is 1. The van der Waals surface area contributed by atoms with Gasteiger partial charge in [-0.05, 0) is 48.9 Å². The number of nitro groups is 1. The lowest BCUT2D eigenvalue weighted by molar-refractivity contribution is -0.384. The van der Waals surface area contributed by atoms with Crippen LogP contribution in [0.3, 0.4) is 0 Å². The van der Waals surface area contributed by atoms with Gasteiger partial charge >= 0.3 is 0 Å². The topological polar surface area (TPSA) is 92.5 Å². The molecule has 2 rings (SSSR count). The summed E-state index contributed by atoms with van der Waals surface area (Å²) in [7, 11) is 0. The number of carbonyl (C=O) groups excluding carboxylic acids is 1. The van der Waals surface area contributed by atoms with Crippen molar-refractivity contribution in [3.63, 3.8) is 0 Å². The molecule has 0 spiro atoms. The van der Waals surface area contributed by atoms with Crippen LogP contribution in [0.1, 0.15) is 18.6 Å². The largest absolute Gasteiger partial charge is 0.387 e. The smallest absolute Gasteiger partial charge is 0.269 e. The summed E-state index contributed by atoms with van der Waals surface area (Å²) < 4.78 is 0. The molecule has 0 aliphatic carbocycles. The minimum absolute atomic E-state index is 0.0299. The van der Waals surface area contributed by atoms with E-state index in [9.17, 15) is 20.0 Å². The van der Waals surface area contributed by atoms with Gasteiger partial charge in [0, 0.05) is 28.6 Å². The van der Waals surface area contributed by atoms with Crippen LogP contribution in [0.2, 0.25) is 5.02 Å². The maximum Gasteiger partial charge on any atom is 0.269 e. The number of nitro benzene ring substituents is 1. The molecule has 0 radical (unpaired) electrons. The van der Waals surface area contributed by atoms with E-state index in [0.717, 1.165) is 4.90 Å². The van der Waals surface area contributed by atoms with Crippen LogP contribution in [0.4, 0.5) is 5.69 Å². The number of non-ortho nitro benzene ring substituents is 1. The Morgan fingerprint density at radius 3 is 2.40 bits per heavy atom. The first-order valence-electron chi connectivity index (χ1n) is 7.49. The molecule has 2 N–H and O–H groups in total. The van der Waals surface area contributed by atoms with Crippen LogP contribution in [-0.2, 0) is 4.79 Å². The number of aliphatic hydroxyl groups is 1. The number of hydrogen-bond donors (Lipinski definition) is 2. The first-order valence-corrected chi connectivity index (χ1v) is 8.75. The van der Waals surface area contributed by atoms with Crippen LogP contribution in [0.5, 0.6) is 0 Å². The van der Waals surface area contributed by atoms with Crippen molar-refractivity contribution in [2.75, 3.05) is 6.54 Å². The molecule has 0 unspecified atom stereocenters. The van der Waals surface area contributed by atoms with Crippen LogP contribution in [0.15, 0.2) is 53.4 Å². The highest BCUT2D eigenvalue weighted by molar-refractivity contribution is 8.00. The normalized spacial score (nSPS) is 13.1. The maximum absolute atomic E-state index is 12.1. The fourth-order valence-corrected chi connectivity index (χ4v) is 3.07. The summed E-state index contributed by atoms with van der Waals surface area (Å²) in [5.74, 6) is -0.207. The van der Waals surface area contributed by atoms with Gasteiger partial charge in [0.15, 0.2) is 0 Å². The molecular formula is C17H17ClN2O4S. The number of amides is 1. The number of benzene rings is 2. The van der Waals surface area contributed by atoms with E-state index in [-0.39, 0.29) is 23.4 Å². The third-order valence-electron chi connectivity index (χ3n) is 3.45. The quantitative estimate of drug-likeness (QED) is 0.435. The Hall–Kier alpha value is -2.09. The third-order valence-corrected chi connectivity index (χ3v) is 4.82. The third kappa shape index (κ3) is 5.74. The van der Waals surface area contributed by atoms with E-state index in [0.29, 0.717) is 10.6 Å². The number of hydrogen-bond acceptors (Lipinski definition) is 5. The first kappa shape index (κ1) is 19.2. The molecule has 0 saturated carbocycles. The van der Waals surface area contributed by atoms with Crippen molar-refractivity contribution in [1.82, 2.24) is 5.32 Å². The summed E-state index contributed by atoms with van der Waals surface area (Å²) in [6, 6.07) is 12.8. The Balaban J connectivity index is 1.85. The lowest BCUT2D eigenvalue weighted by Crippen LogP contribution is -2.34. The summed E-state index contributed by atoms with van der Waals surface area (Å²) in [6.45, 7) is 1.80. The molecule has 0 aliphatic heterocycles. The average molecular weight is 381 g/mol. The number of aliphatic hydroxyl groups excluding tert-OH is 1. The van der Waals surface area contributed by atoms with Crippen LogP contribution >= 0.6 is 23.4 Å². The lowest BCUT2D eigenvalue weighted by Gasteiger charge is -2.15. The predicted octanol–water partition coefficient (Wildman–Crippen LogP) is 3.58. The molecule has 2 atom stereocenters. The van der Waals surface area contributed by atoms with Crippen molar-refractivity contribution >= 4 is 35.0 Å². The van der Waals surface area contributed by atoms with Gasteiger partial charge in [0.05, 0.1) is 16.3 Å². The fraction of sp³-hybridized carbons (Fsp3) is 0.235. The zero-order valence-corrected chi connectivity index (χ0v) is 15.0. The Bertz CT molecular complexity index is 737. The number of halogens is 1. The second-order valence-corrected chi connectivity index (χ2v) is 7.17. The van der Waals surface area contributed by atoms with Crippen molar-refractivity contribution in [2.45, 2.75) is 23.2 Å². The van der Waals surface area contributed by atoms with Crippen molar-refractivity contribution in [2.24, 2.45) is 0 Å². The molecule has 0 bridgehead atoms. The summed E-state index contributed by atoms with van der Waals surface area (Å²) in [5.41, 5.74) is 0.455. The van der Waals surface area contributed by atoms with Crippen molar-refractivity contribution in [3.05, 3.63) is 69.2 Å². The number of rotatable bonds is 7. The van der Waals surface area contributed by atoms with E-state index in [4.69, 9.17) is 11.6 Å². The fourth-order valence-electron chi connectivity index (χ4n) is 2.05. The minimum Gasteiger partial charge on any atom is -0.387 e. The maximum atomic E-state index is 12.1. The number of nitrogens with zero attached hydrogens (tertiary/aromatic N) is 1. The Morgan fingerprint density at radius 2 is 1.84 bits per heavy atom. The molecule has 25 heavy (non-hydrogen) atoms. The predicted molar refractivity (Wildman–Crippen MR) is 97.8 cm³/mol. The first-order chi connectivity index (χ1) is 11.9. The molecule has 2 aromatic rings. The van der Waals surface area contributed by atoms with E-state index in [1.54, 1.807) is 19.1 Å². The van der Waals surface area contributed by atoms with E-state index in [1.165, 1.54) is 36.0 Å². The zero-order valence-electron chi connectivity index (χ0n) is 13.4. The Labute approximate surface area is 154 Å². The summed E-state index contributed by atoms with van der Waals surface area (Å²) in [4.78, 5) is 23.2. The second-order valence-electron chi connectivity index (χ2n) is 5.32. The van der Waals surface area contributed by atoms with Gasteiger partial charge in [-0.15, -0.1) is 11.8 Å². The molecule has 1 amide bonds. The van der Waals surface area contributed by atoms with E-state index in [1.807, 2.05) is 12.1 Å². The van der Waals surface area contributed by atoms with Crippen LogP contribution in [0.25, 0.3) is 0 Å². The van der Waals surface area contributed by atoms with Crippen molar-refractivity contribution in [3.8, 4) is 0 Å². The molecule has 0 saturated heterocycles. The highest BCUT2D eigenvalue weighted by Gasteiger charge is 2.17. The summed E-state index contributed by atoms with van der Waals surface area (Å²) in [5, 5.41) is 23.7. The summed E-state index contributed by atoms with van der Waals surface area (Å²) in [6.07, 6.45) is -0.933. The average Bonchev–Trinajstić information content (AvgIpc) is 2.61. The Morgan fingerprint density at radius 1 is 1.24 bits per heavy atom. The summed E-state index contributed by atoms with van der Waals surface area (Å²) >= 11 is 7.21. The molecule has 0 aromatic heterocycles. The monoisotopic (exact) mass is 380 g/mol. The van der Waals surface area contributed by atoms with Gasteiger partial charge in [-0.1, -0.05) is 11.6 Å². The van der Waals surface area contributed by atoms with Gasteiger partial charge in [0.1, 0.15) is 0 Å². The molecule has 132 valence electrons. The van der Waals surface area contributed by atoms with Crippen molar-refractivity contribution in [1.29, 1.82) is 0 Å².